The van der Waals surface area contributed by atoms with Crippen LogP contribution in [0.4, 0.5) is 0 Å². The quantitative estimate of drug-likeness (QED) is 0.644. The van der Waals surface area contributed by atoms with Gasteiger partial charge in [-0.1, -0.05) is 47.6 Å². The second-order valence-corrected chi connectivity index (χ2v) is 5.77. The number of esters is 1. The zero-order valence-electron chi connectivity index (χ0n) is 14.2. The Morgan fingerprint density at radius 1 is 1.08 bits per heavy atom. The Balaban J connectivity index is 1.84. The predicted octanol–water partition coefficient (Wildman–Crippen LogP) is 3.12. The molecule has 0 N–H and O–H groups in total. The Bertz CT molecular complexity index is 844. The molecule has 1 aromatic heterocycles. The summed E-state index contributed by atoms with van der Waals surface area (Å²) in [4.78, 5) is 18.7. The number of likely N-dealkylation sites (N-methyl/N-ethyl adjacent to an activating group) is 1. The van der Waals surface area contributed by atoms with E-state index in [4.69, 9.17) is 9.26 Å². The van der Waals surface area contributed by atoms with Crippen LogP contribution in [0.2, 0.25) is 0 Å². The first-order valence-electron chi connectivity index (χ1n) is 7.95. The maximum absolute atomic E-state index is 12.4. The minimum Gasteiger partial charge on any atom is -0.461 e. The first-order chi connectivity index (χ1) is 12.1. The molecule has 6 heteroatoms. The van der Waals surface area contributed by atoms with Crippen LogP contribution in [0, 0.1) is 0 Å². The second kappa shape index (κ2) is 7.72. The minimum atomic E-state index is -0.406. The van der Waals surface area contributed by atoms with E-state index in [9.17, 15) is 4.79 Å². The van der Waals surface area contributed by atoms with Crippen molar-refractivity contribution in [1.29, 1.82) is 0 Å². The van der Waals surface area contributed by atoms with Gasteiger partial charge in [0, 0.05) is 12.1 Å². The molecular weight excluding hydrogens is 318 g/mol. The molecule has 0 atom stereocenters. The number of aromatic nitrogens is 2. The van der Waals surface area contributed by atoms with E-state index in [1.807, 2.05) is 55.4 Å². The number of rotatable bonds is 6. The van der Waals surface area contributed by atoms with Gasteiger partial charge in [-0.3, -0.25) is 0 Å². The van der Waals surface area contributed by atoms with Crippen LogP contribution in [-0.4, -0.2) is 48.3 Å². The molecule has 0 radical (unpaired) electrons. The summed E-state index contributed by atoms with van der Waals surface area (Å²) in [5.41, 5.74) is 1.82. The van der Waals surface area contributed by atoms with Crippen LogP contribution in [-0.2, 0) is 4.74 Å². The standard InChI is InChI=1S/C19H19N3O3/c1-22(2)12-13-24-19(23)16-11-7-6-10-15(16)18-20-17(21-25-18)14-8-4-3-5-9-14/h3-11H,12-13H2,1-2H3. The molecule has 6 nitrogen and oxygen atoms in total. The molecule has 0 spiro atoms. The fourth-order valence-electron chi connectivity index (χ4n) is 2.28. The third kappa shape index (κ3) is 4.10. The van der Waals surface area contributed by atoms with Gasteiger partial charge in [0.15, 0.2) is 0 Å². The van der Waals surface area contributed by atoms with Crippen LogP contribution in [0.15, 0.2) is 59.1 Å². The smallest absolute Gasteiger partial charge is 0.338 e. The summed E-state index contributed by atoms with van der Waals surface area (Å²) in [7, 11) is 3.84. The minimum absolute atomic E-state index is 0.291. The van der Waals surface area contributed by atoms with Gasteiger partial charge in [0.05, 0.1) is 11.1 Å². The van der Waals surface area contributed by atoms with Gasteiger partial charge in [-0.05, 0) is 26.2 Å². The lowest BCUT2D eigenvalue weighted by atomic mass is 10.1. The van der Waals surface area contributed by atoms with Crippen molar-refractivity contribution < 1.29 is 14.1 Å². The molecule has 2 aromatic carbocycles. The summed E-state index contributed by atoms with van der Waals surface area (Å²) >= 11 is 0. The highest BCUT2D eigenvalue weighted by Crippen LogP contribution is 2.25. The van der Waals surface area contributed by atoms with Crippen LogP contribution in [0.25, 0.3) is 22.8 Å². The average molecular weight is 337 g/mol. The van der Waals surface area contributed by atoms with Crippen molar-refractivity contribution in [2.75, 3.05) is 27.2 Å². The third-order valence-electron chi connectivity index (χ3n) is 3.61. The highest BCUT2D eigenvalue weighted by Gasteiger charge is 2.19. The molecule has 0 aliphatic heterocycles. The van der Waals surface area contributed by atoms with Crippen molar-refractivity contribution in [2.24, 2.45) is 0 Å². The Morgan fingerprint density at radius 3 is 2.56 bits per heavy atom. The van der Waals surface area contributed by atoms with Crippen molar-refractivity contribution in [1.82, 2.24) is 15.0 Å². The maximum Gasteiger partial charge on any atom is 0.338 e. The molecule has 0 saturated carbocycles. The largest absolute Gasteiger partial charge is 0.461 e. The van der Waals surface area contributed by atoms with Crippen molar-refractivity contribution in [3.05, 3.63) is 60.2 Å². The van der Waals surface area contributed by atoms with Crippen LogP contribution in [0.1, 0.15) is 10.4 Å². The fraction of sp³-hybridized carbons (Fsp3) is 0.211. The van der Waals surface area contributed by atoms with E-state index in [0.29, 0.717) is 36.0 Å². The number of hydrogen-bond donors (Lipinski definition) is 0. The number of ether oxygens (including phenoxy) is 1. The summed E-state index contributed by atoms with van der Waals surface area (Å²) in [5, 5.41) is 4.00. The molecular formula is C19H19N3O3. The highest BCUT2D eigenvalue weighted by atomic mass is 16.5. The molecule has 3 aromatic rings. The van der Waals surface area contributed by atoms with Crippen molar-refractivity contribution >= 4 is 5.97 Å². The fourth-order valence-corrected chi connectivity index (χ4v) is 2.28. The summed E-state index contributed by atoms with van der Waals surface area (Å²) < 4.78 is 10.7. The third-order valence-corrected chi connectivity index (χ3v) is 3.61. The zero-order valence-corrected chi connectivity index (χ0v) is 14.2. The van der Waals surface area contributed by atoms with Gasteiger partial charge in [-0.2, -0.15) is 4.98 Å². The Hall–Kier alpha value is -2.99. The van der Waals surface area contributed by atoms with E-state index in [2.05, 4.69) is 10.1 Å². The zero-order chi connectivity index (χ0) is 17.6. The summed E-state index contributed by atoms with van der Waals surface area (Å²) in [6.45, 7) is 0.978. The average Bonchev–Trinajstić information content (AvgIpc) is 3.12. The van der Waals surface area contributed by atoms with E-state index >= 15 is 0 Å². The topological polar surface area (TPSA) is 68.5 Å². The second-order valence-electron chi connectivity index (χ2n) is 5.77. The molecule has 0 saturated heterocycles. The Morgan fingerprint density at radius 2 is 1.80 bits per heavy atom. The first kappa shape index (κ1) is 16.9. The van der Waals surface area contributed by atoms with Gasteiger partial charge in [0.1, 0.15) is 6.61 Å². The molecule has 0 aliphatic carbocycles. The van der Waals surface area contributed by atoms with E-state index < -0.39 is 5.97 Å². The number of carbonyl (C=O) groups is 1. The molecule has 1 heterocycles. The Kier molecular flexibility index (Phi) is 5.20. The molecule has 3 rings (SSSR count). The van der Waals surface area contributed by atoms with Crippen molar-refractivity contribution in [3.8, 4) is 22.8 Å². The van der Waals surface area contributed by atoms with Crippen LogP contribution in [0.3, 0.4) is 0 Å². The number of hydrogen-bond acceptors (Lipinski definition) is 6. The van der Waals surface area contributed by atoms with Gasteiger partial charge in [-0.25, -0.2) is 4.79 Å². The van der Waals surface area contributed by atoms with Crippen molar-refractivity contribution in [3.63, 3.8) is 0 Å². The highest BCUT2D eigenvalue weighted by molar-refractivity contribution is 5.96. The number of nitrogens with zero attached hydrogens (tertiary/aromatic N) is 3. The monoisotopic (exact) mass is 337 g/mol. The van der Waals surface area contributed by atoms with Gasteiger partial charge in [0.25, 0.3) is 5.89 Å². The summed E-state index contributed by atoms with van der Waals surface area (Å²) in [5.74, 6) is 0.363. The van der Waals surface area contributed by atoms with E-state index in [1.54, 1.807) is 18.2 Å². The van der Waals surface area contributed by atoms with Gasteiger partial charge in [-0.15, -0.1) is 0 Å². The Labute approximate surface area is 146 Å². The summed E-state index contributed by atoms with van der Waals surface area (Å²) in [6.07, 6.45) is 0. The lowest BCUT2D eigenvalue weighted by Gasteiger charge is -2.10. The molecule has 128 valence electrons. The van der Waals surface area contributed by atoms with E-state index in [-0.39, 0.29) is 0 Å². The lowest BCUT2D eigenvalue weighted by Crippen LogP contribution is -2.20. The SMILES string of the molecule is CN(C)CCOC(=O)c1ccccc1-c1nc(-c2ccccc2)no1. The van der Waals surface area contributed by atoms with Crippen LogP contribution >= 0.6 is 0 Å². The molecule has 0 bridgehead atoms. The lowest BCUT2D eigenvalue weighted by molar-refractivity contribution is 0.0482. The van der Waals surface area contributed by atoms with E-state index in [1.165, 1.54) is 0 Å². The van der Waals surface area contributed by atoms with Gasteiger partial charge >= 0.3 is 5.97 Å². The molecule has 0 unspecified atom stereocenters. The number of carbonyl (C=O) groups excluding carboxylic acids is 1. The summed E-state index contributed by atoms with van der Waals surface area (Å²) in [6, 6.07) is 16.6. The maximum atomic E-state index is 12.4. The first-order valence-corrected chi connectivity index (χ1v) is 7.95. The normalized spacial score (nSPS) is 10.8. The van der Waals surface area contributed by atoms with Crippen molar-refractivity contribution in [2.45, 2.75) is 0 Å². The van der Waals surface area contributed by atoms with Crippen LogP contribution in [0.5, 0.6) is 0 Å². The molecule has 0 fully saturated rings. The van der Waals surface area contributed by atoms with Crippen LogP contribution < -0.4 is 0 Å². The predicted molar refractivity (Wildman–Crippen MR) is 94.0 cm³/mol. The van der Waals surface area contributed by atoms with Gasteiger partial charge in [0.2, 0.25) is 5.82 Å². The van der Waals surface area contributed by atoms with E-state index in [0.717, 1.165) is 5.56 Å². The molecule has 0 aliphatic rings. The number of benzene rings is 2. The molecule has 0 amide bonds. The molecule has 25 heavy (non-hydrogen) atoms. The van der Waals surface area contributed by atoms with Gasteiger partial charge < -0.3 is 14.2 Å².